The number of rotatable bonds is 4. The van der Waals surface area contributed by atoms with Gasteiger partial charge in [-0.05, 0) is 18.6 Å². The Morgan fingerprint density at radius 3 is 3.00 bits per heavy atom. The average Bonchev–Trinajstić information content (AvgIpc) is 2.78. The zero-order valence-corrected chi connectivity index (χ0v) is 11.2. The highest BCUT2D eigenvalue weighted by Crippen LogP contribution is 2.20. The van der Waals surface area contributed by atoms with E-state index in [0.717, 1.165) is 23.5 Å². The van der Waals surface area contributed by atoms with E-state index in [2.05, 4.69) is 20.1 Å². The topological polar surface area (TPSA) is 69.0 Å². The minimum atomic E-state index is -0.453. The summed E-state index contributed by atoms with van der Waals surface area (Å²) in [6.07, 6.45) is 4.30. The van der Waals surface area contributed by atoms with Crippen LogP contribution < -0.4 is 5.32 Å². The Kier molecular flexibility index (Phi) is 3.79. The number of hydrogen-bond donors (Lipinski definition) is 1. The lowest BCUT2D eigenvalue weighted by Gasteiger charge is -2.06. The molecule has 0 aliphatic heterocycles. The van der Waals surface area contributed by atoms with Crippen molar-refractivity contribution in [3.05, 3.63) is 35.9 Å². The lowest BCUT2D eigenvalue weighted by molar-refractivity contribution is 0.0594. The maximum Gasteiger partial charge on any atom is 0.356 e. The van der Waals surface area contributed by atoms with E-state index in [1.54, 1.807) is 23.0 Å². The molecule has 0 saturated heterocycles. The number of methoxy groups -OCH3 is 1. The van der Waals surface area contributed by atoms with Gasteiger partial charge in [-0.15, -0.1) is 0 Å². The summed E-state index contributed by atoms with van der Waals surface area (Å²) >= 11 is 0. The molecule has 2 rings (SSSR count). The zero-order valence-electron chi connectivity index (χ0n) is 11.2. The van der Waals surface area contributed by atoms with E-state index < -0.39 is 5.97 Å². The molecule has 0 saturated carbocycles. The van der Waals surface area contributed by atoms with E-state index in [4.69, 9.17) is 0 Å². The molecule has 0 aromatic carbocycles. The van der Waals surface area contributed by atoms with Gasteiger partial charge in [0.2, 0.25) is 0 Å². The van der Waals surface area contributed by atoms with Gasteiger partial charge in [-0.1, -0.05) is 6.92 Å². The molecule has 1 N–H and O–H groups in total. The van der Waals surface area contributed by atoms with E-state index in [1.807, 2.05) is 20.2 Å². The molecule has 0 bridgehead atoms. The van der Waals surface area contributed by atoms with E-state index in [9.17, 15) is 4.79 Å². The number of carbonyl (C=O) groups is 1. The molecular weight excluding hydrogens is 244 g/mol. The first-order chi connectivity index (χ1) is 9.13. The summed E-state index contributed by atoms with van der Waals surface area (Å²) in [6.45, 7) is 2.04. The van der Waals surface area contributed by atoms with Crippen molar-refractivity contribution in [2.24, 2.45) is 7.05 Å². The lowest BCUT2D eigenvalue weighted by Crippen LogP contribution is -2.04. The number of aryl methyl sites for hydroxylation is 2. The molecule has 2 aromatic heterocycles. The Bertz CT molecular complexity index is 592. The highest BCUT2D eigenvalue weighted by molar-refractivity contribution is 5.88. The first-order valence-corrected chi connectivity index (χ1v) is 5.98. The summed E-state index contributed by atoms with van der Waals surface area (Å²) in [5, 5.41) is 7.58. The zero-order chi connectivity index (χ0) is 13.8. The van der Waals surface area contributed by atoms with Crippen LogP contribution in [0.25, 0.3) is 0 Å². The van der Waals surface area contributed by atoms with Crippen molar-refractivity contribution in [1.29, 1.82) is 0 Å². The second-order valence-electron chi connectivity index (χ2n) is 4.06. The molecule has 2 heterocycles. The van der Waals surface area contributed by atoms with Crippen LogP contribution in [0, 0.1) is 0 Å². The van der Waals surface area contributed by atoms with Gasteiger partial charge >= 0.3 is 5.97 Å². The molecule has 0 amide bonds. The van der Waals surface area contributed by atoms with Crippen LogP contribution in [0.5, 0.6) is 0 Å². The third kappa shape index (κ3) is 2.90. The number of ether oxygens (including phenoxy) is 1. The van der Waals surface area contributed by atoms with E-state index in [-0.39, 0.29) is 5.69 Å². The fourth-order valence-electron chi connectivity index (χ4n) is 1.78. The van der Waals surface area contributed by atoms with Crippen LogP contribution in [0.3, 0.4) is 0 Å². The van der Waals surface area contributed by atoms with Crippen molar-refractivity contribution >= 4 is 17.3 Å². The van der Waals surface area contributed by atoms with E-state index in [1.165, 1.54) is 7.11 Å². The molecule has 6 nitrogen and oxygen atoms in total. The fraction of sp³-hybridized carbons (Fsp3) is 0.308. The number of hydrogen-bond acceptors (Lipinski definition) is 5. The van der Waals surface area contributed by atoms with Crippen molar-refractivity contribution < 1.29 is 9.53 Å². The fourth-order valence-corrected chi connectivity index (χ4v) is 1.78. The van der Waals surface area contributed by atoms with Gasteiger partial charge < -0.3 is 10.1 Å². The van der Waals surface area contributed by atoms with Crippen LogP contribution in [0.2, 0.25) is 0 Å². The van der Waals surface area contributed by atoms with Gasteiger partial charge in [-0.25, -0.2) is 9.78 Å². The second kappa shape index (κ2) is 5.51. The highest BCUT2D eigenvalue weighted by Gasteiger charge is 2.10. The molecule has 0 atom stereocenters. The largest absolute Gasteiger partial charge is 0.464 e. The third-order valence-electron chi connectivity index (χ3n) is 2.67. The molecule has 0 unspecified atom stereocenters. The smallest absolute Gasteiger partial charge is 0.356 e. The van der Waals surface area contributed by atoms with Crippen LogP contribution in [0.15, 0.2) is 24.5 Å². The minimum Gasteiger partial charge on any atom is -0.464 e. The number of anilines is 2. The standard InChI is InChI=1S/C13H16N4O2/c1-4-10-12(8-17(2)16-10)15-9-5-6-14-11(7-9)13(18)19-3/h5-8H,4H2,1-3H3,(H,14,15). The molecule has 0 fully saturated rings. The normalized spacial score (nSPS) is 10.3. The molecule has 100 valence electrons. The summed E-state index contributed by atoms with van der Waals surface area (Å²) in [5.41, 5.74) is 2.94. The predicted octanol–water partition coefficient (Wildman–Crippen LogP) is 1.91. The number of carbonyl (C=O) groups excluding carboxylic acids is 1. The third-order valence-corrected chi connectivity index (χ3v) is 2.67. The Labute approximate surface area is 111 Å². The van der Waals surface area contributed by atoms with Crippen LogP contribution in [0.1, 0.15) is 23.1 Å². The number of esters is 1. The number of nitrogens with zero attached hydrogens (tertiary/aromatic N) is 3. The number of pyridine rings is 1. The van der Waals surface area contributed by atoms with Crippen molar-refractivity contribution in [1.82, 2.24) is 14.8 Å². The molecule has 0 aliphatic carbocycles. The molecule has 6 heteroatoms. The van der Waals surface area contributed by atoms with Gasteiger partial charge in [0.15, 0.2) is 0 Å². The molecule has 2 aromatic rings. The highest BCUT2D eigenvalue weighted by atomic mass is 16.5. The van der Waals surface area contributed by atoms with Gasteiger partial charge in [0.1, 0.15) is 5.69 Å². The summed E-state index contributed by atoms with van der Waals surface area (Å²) in [6, 6.07) is 3.44. The molecular formula is C13H16N4O2. The number of aromatic nitrogens is 3. The van der Waals surface area contributed by atoms with Crippen molar-refractivity contribution in [2.75, 3.05) is 12.4 Å². The minimum absolute atomic E-state index is 0.273. The monoisotopic (exact) mass is 260 g/mol. The summed E-state index contributed by atoms with van der Waals surface area (Å²) in [7, 11) is 3.21. The molecule has 19 heavy (non-hydrogen) atoms. The molecule has 0 aliphatic rings. The van der Waals surface area contributed by atoms with E-state index in [0.29, 0.717) is 0 Å². The van der Waals surface area contributed by atoms with Crippen molar-refractivity contribution in [3.63, 3.8) is 0 Å². The quantitative estimate of drug-likeness (QED) is 0.850. The first kappa shape index (κ1) is 13.1. The first-order valence-electron chi connectivity index (χ1n) is 5.98. The van der Waals surface area contributed by atoms with Crippen LogP contribution >= 0.6 is 0 Å². The Hall–Kier alpha value is -2.37. The maximum atomic E-state index is 11.4. The number of nitrogens with one attached hydrogen (secondary N) is 1. The van der Waals surface area contributed by atoms with Crippen LogP contribution in [-0.4, -0.2) is 27.8 Å². The average molecular weight is 260 g/mol. The summed E-state index contributed by atoms with van der Waals surface area (Å²) in [4.78, 5) is 15.4. The van der Waals surface area contributed by atoms with Gasteiger partial charge in [0.05, 0.1) is 18.5 Å². The SMILES string of the molecule is CCc1nn(C)cc1Nc1ccnc(C(=O)OC)c1. The Morgan fingerprint density at radius 2 is 2.32 bits per heavy atom. The van der Waals surface area contributed by atoms with Crippen molar-refractivity contribution in [2.45, 2.75) is 13.3 Å². The Balaban J connectivity index is 2.25. The van der Waals surface area contributed by atoms with Crippen molar-refractivity contribution in [3.8, 4) is 0 Å². The van der Waals surface area contributed by atoms with Gasteiger partial charge in [0.25, 0.3) is 0 Å². The van der Waals surface area contributed by atoms with Gasteiger partial charge in [-0.2, -0.15) is 5.10 Å². The maximum absolute atomic E-state index is 11.4. The second-order valence-corrected chi connectivity index (χ2v) is 4.06. The summed E-state index contributed by atoms with van der Waals surface area (Å²) < 4.78 is 6.40. The van der Waals surface area contributed by atoms with Gasteiger partial charge in [-0.3, -0.25) is 4.68 Å². The Morgan fingerprint density at radius 1 is 1.53 bits per heavy atom. The summed E-state index contributed by atoms with van der Waals surface area (Å²) in [5.74, 6) is -0.453. The van der Waals surface area contributed by atoms with Crippen LogP contribution in [0.4, 0.5) is 11.4 Å². The molecule has 0 spiro atoms. The lowest BCUT2D eigenvalue weighted by atomic mass is 10.2. The predicted molar refractivity (Wildman–Crippen MR) is 71.4 cm³/mol. The van der Waals surface area contributed by atoms with Crippen LogP contribution in [-0.2, 0) is 18.2 Å². The van der Waals surface area contributed by atoms with E-state index >= 15 is 0 Å². The van der Waals surface area contributed by atoms with Gasteiger partial charge in [0, 0.05) is 25.1 Å². The molecule has 0 radical (unpaired) electrons.